The second-order valence-electron chi connectivity index (χ2n) is 2.62. The first-order valence-corrected chi connectivity index (χ1v) is 3.98. The molecular formula is C8H12N2S. The first kappa shape index (κ1) is 8.56. The van der Waals surface area contributed by atoms with Crippen molar-refractivity contribution in [2.75, 3.05) is 14.1 Å². The van der Waals surface area contributed by atoms with Gasteiger partial charge in [-0.05, 0) is 31.8 Å². The summed E-state index contributed by atoms with van der Waals surface area (Å²) >= 11 is 4.41. The minimum Gasteiger partial charge on any atom is -0.294 e. The van der Waals surface area contributed by atoms with Crippen molar-refractivity contribution in [1.29, 1.82) is 0 Å². The van der Waals surface area contributed by atoms with E-state index in [4.69, 9.17) is 0 Å². The summed E-state index contributed by atoms with van der Waals surface area (Å²) < 4.78 is 0. The predicted molar refractivity (Wildman–Crippen MR) is 49.7 cm³/mol. The molecule has 0 aliphatic heterocycles. The number of hydrogen-bond acceptors (Lipinski definition) is 3. The van der Waals surface area contributed by atoms with Gasteiger partial charge in [-0.25, -0.2) is 0 Å². The summed E-state index contributed by atoms with van der Waals surface area (Å²) in [5.74, 6) is 0. The Hall–Kier alpha value is -0.540. The molecule has 60 valence electrons. The highest BCUT2D eigenvalue weighted by Gasteiger charge is 2.06. The molecule has 1 unspecified atom stereocenters. The molecule has 0 aliphatic rings. The van der Waals surface area contributed by atoms with E-state index in [1.807, 2.05) is 31.1 Å². The molecule has 0 fully saturated rings. The maximum Gasteiger partial charge on any atom is 0.0780 e. The molecule has 11 heavy (non-hydrogen) atoms. The number of pyridine rings is 1. The van der Waals surface area contributed by atoms with Gasteiger partial charge < -0.3 is 0 Å². The molecule has 0 saturated carbocycles. The third-order valence-electron chi connectivity index (χ3n) is 1.49. The van der Waals surface area contributed by atoms with Gasteiger partial charge in [-0.3, -0.25) is 9.88 Å². The van der Waals surface area contributed by atoms with Gasteiger partial charge in [0.15, 0.2) is 0 Å². The van der Waals surface area contributed by atoms with E-state index in [-0.39, 0.29) is 5.37 Å². The molecule has 1 aromatic heterocycles. The van der Waals surface area contributed by atoms with Crippen molar-refractivity contribution < 1.29 is 0 Å². The SMILES string of the molecule is CN(C)C(S)c1ccncc1. The Morgan fingerprint density at radius 3 is 2.36 bits per heavy atom. The second-order valence-corrected chi connectivity index (χ2v) is 3.11. The third-order valence-corrected chi connectivity index (χ3v) is 2.25. The predicted octanol–water partition coefficient (Wildman–Crippen LogP) is 1.57. The first-order valence-electron chi connectivity index (χ1n) is 3.46. The molecule has 1 rings (SSSR count). The van der Waals surface area contributed by atoms with Crippen molar-refractivity contribution in [3.05, 3.63) is 30.1 Å². The Labute approximate surface area is 72.7 Å². The highest BCUT2D eigenvalue weighted by molar-refractivity contribution is 7.80. The molecule has 0 aliphatic carbocycles. The number of nitrogens with zero attached hydrogens (tertiary/aromatic N) is 2. The van der Waals surface area contributed by atoms with Crippen LogP contribution in [0.1, 0.15) is 10.9 Å². The third kappa shape index (κ3) is 2.20. The van der Waals surface area contributed by atoms with Crippen LogP contribution in [0.2, 0.25) is 0 Å². The molecule has 0 N–H and O–H groups in total. The van der Waals surface area contributed by atoms with Crippen molar-refractivity contribution >= 4 is 12.6 Å². The van der Waals surface area contributed by atoms with Crippen molar-refractivity contribution in [3.63, 3.8) is 0 Å². The summed E-state index contributed by atoms with van der Waals surface area (Å²) in [6, 6.07) is 3.94. The van der Waals surface area contributed by atoms with Crippen LogP contribution in [0.5, 0.6) is 0 Å². The van der Waals surface area contributed by atoms with Gasteiger partial charge in [0.25, 0.3) is 0 Å². The van der Waals surface area contributed by atoms with Crippen molar-refractivity contribution in [2.24, 2.45) is 0 Å². The van der Waals surface area contributed by atoms with E-state index >= 15 is 0 Å². The Balaban J connectivity index is 2.77. The van der Waals surface area contributed by atoms with Crippen LogP contribution in [0, 0.1) is 0 Å². The monoisotopic (exact) mass is 168 g/mol. The fraction of sp³-hybridized carbons (Fsp3) is 0.375. The van der Waals surface area contributed by atoms with Gasteiger partial charge >= 0.3 is 0 Å². The summed E-state index contributed by atoms with van der Waals surface area (Å²) in [5, 5.41) is 0.165. The van der Waals surface area contributed by atoms with E-state index in [0.29, 0.717) is 0 Å². The summed E-state index contributed by atoms with van der Waals surface area (Å²) in [7, 11) is 4.00. The standard InChI is InChI=1S/C8H12N2S/c1-10(2)8(11)7-3-5-9-6-4-7/h3-6,8,11H,1-2H3. The van der Waals surface area contributed by atoms with Gasteiger partial charge in [-0.2, -0.15) is 12.6 Å². The zero-order valence-electron chi connectivity index (χ0n) is 6.73. The van der Waals surface area contributed by atoms with Crippen molar-refractivity contribution in [3.8, 4) is 0 Å². The van der Waals surface area contributed by atoms with E-state index < -0.39 is 0 Å². The van der Waals surface area contributed by atoms with Crippen molar-refractivity contribution in [2.45, 2.75) is 5.37 Å². The zero-order valence-corrected chi connectivity index (χ0v) is 7.62. The molecule has 0 aromatic carbocycles. The smallest absolute Gasteiger partial charge is 0.0780 e. The van der Waals surface area contributed by atoms with Gasteiger partial charge in [0, 0.05) is 12.4 Å². The van der Waals surface area contributed by atoms with E-state index in [0.717, 1.165) is 0 Å². The molecule has 0 amide bonds. The van der Waals surface area contributed by atoms with Crippen molar-refractivity contribution in [1.82, 2.24) is 9.88 Å². The molecule has 1 atom stereocenters. The van der Waals surface area contributed by atoms with Gasteiger partial charge in [-0.1, -0.05) is 0 Å². The average Bonchev–Trinajstić information content (AvgIpc) is 2.05. The molecular weight excluding hydrogens is 156 g/mol. The maximum absolute atomic E-state index is 4.41. The lowest BCUT2D eigenvalue weighted by Crippen LogP contribution is -2.14. The van der Waals surface area contributed by atoms with Crippen LogP contribution in [0.3, 0.4) is 0 Å². The minimum atomic E-state index is 0.165. The van der Waals surface area contributed by atoms with E-state index in [2.05, 4.69) is 17.6 Å². The van der Waals surface area contributed by atoms with Crippen LogP contribution in [0.15, 0.2) is 24.5 Å². The lowest BCUT2D eigenvalue weighted by atomic mass is 10.2. The Morgan fingerprint density at radius 2 is 1.91 bits per heavy atom. The summed E-state index contributed by atoms with van der Waals surface area (Å²) in [4.78, 5) is 5.97. The molecule has 0 bridgehead atoms. The molecule has 2 nitrogen and oxygen atoms in total. The fourth-order valence-electron chi connectivity index (χ4n) is 0.834. The highest BCUT2D eigenvalue weighted by Crippen LogP contribution is 2.19. The number of rotatable bonds is 2. The van der Waals surface area contributed by atoms with Crippen LogP contribution < -0.4 is 0 Å². The van der Waals surface area contributed by atoms with Crippen LogP contribution in [0.4, 0.5) is 0 Å². The highest BCUT2D eigenvalue weighted by atomic mass is 32.1. The molecule has 1 aromatic rings. The fourth-order valence-corrected chi connectivity index (χ4v) is 1.01. The minimum absolute atomic E-state index is 0.165. The largest absolute Gasteiger partial charge is 0.294 e. The normalized spacial score (nSPS) is 13.5. The zero-order chi connectivity index (χ0) is 8.27. The van der Waals surface area contributed by atoms with Gasteiger partial charge in [-0.15, -0.1) is 0 Å². The number of hydrogen-bond donors (Lipinski definition) is 1. The van der Waals surface area contributed by atoms with Gasteiger partial charge in [0.1, 0.15) is 0 Å². The van der Waals surface area contributed by atoms with E-state index in [9.17, 15) is 0 Å². The second kappa shape index (κ2) is 3.74. The van der Waals surface area contributed by atoms with Crippen LogP contribution in [-0.2, 0) is 0 Å². The molecule has 3 heteroatoms. The molecule has 0 spiro atoms. The van der Waals surface area contributed by atoms with Crippen LogP contribution in [0.25, 0.3) is 0 Å². The molecule has 0 radical (unpaired) electrons. The quantitative estimate of drug-likeness (QED) is 0.533. The lowest BCUT2D eigenvalue weighted by Gasteiger charge is -2.18. The molecule has 1 heterocycles. The summed E-state index contributed by atoms with van der Waals surface area (Å²) in [5.41, 5.74) is 1.17. The van der Waals surface area contributed by atoms with E-state index in [1.165, 1.54) is 5.56 Å². The maximum atomic E-state index is 4.41. The lowest BCUT2D eigenvalue weighted by molar-refractivity contribution is 0.393. The van der Waals surface area contributed by atoms with Crippen LogP contribution >= 0.6 is 12.6 Å². The Bertz CT molecular complexity index is 211. The molecule has 0 saturated heterocycles. The van der Waals surface area contributed by atoms with Crippen LogP contribution in [-0.4, -0.2) is 24.0 Å². The summed E-state index contributed by atoms with van der Waals surface area (Å²) in [6.07, 6.45) is 3.56. The van der Waals surface area contributed by atoms with Gasteiger partial charge in [0.2, 0.25) is 0 Å². The number of aromatic nitrogens is 1. The Morgan fingerprint density at radius 1 is 1.36 bits per heavy atom. The number of thiol groups is 1. The average molecular weight is 168 g/mol. The topological polar surface area (TPSA) is 16.1 Å². The van der Waals surface area contributed by atoms with E-state index in [1.54, 1.807) is 12.4 Å². The Kier molecular flexibility index (Phi) is 2.91. The first-order chi connectivity index (χ1) is 5.22. The summed E-state index contributed by atoms with van der Waals surface area (Å²) in [6.45, 7) is 0. The van der Waals surface area contributed by atoms with Gasteiger partial charge in [0.05, 0.1) is 5.37 Å².